The van der Waals surface area contributed by atoms with Gasteiger partial charge < -0.3 is 10.4 Å². The molecule has 0 saturated heterocycles. The quantitative estimate of drug-likeness (QED) is 0.794. The minimum Gasteiger partial charge on any atom is -0.478 e. The average molecular weight is 286 g/mol. The van der Waals surface area contributed by atoms with Crippen LogP contribution in [0.5, 0.6) is 0 Å². The third kappa shape index (κ3) is 4.00. The lowest BCUT2D eigenvalue weighted by atomic mass is 10.1. The van der Waals surface area contributed by atoms with Gasteiger partial charge >= 0.3 is 5.97 Å². The Morgan fingerprint density at radius 1 is 1.48 bits per heavy atom. The Morgan fingerprint density at radius 2 is 2.29 bits per heavy atom. The van der Waals surface area contributed by atoms with Crippen LogP contribution in [-0.4, -0.2) is 31.7 Å². The summed E-state index contributed by atoms with van der Waals surface area (Å²) in [6.45, 7) is 0.325. The summed E-state index contributed by atoms with van der Waals surface area (Å²) in [5, 5.41) is 15.4. The molecule has 0 spiro atoms. The van der Waals surface area contributed by atoms with Crippen molar-refractivity contribution < 1.29 is 14.7 Å². The van der Waals surface area contributed by atoms with E-state index in [4.69, 9.17) is 5.11 Å². The van der Waals surface area contributed by atoms with Crippen molar-refractivity contribution in [2.45, 2.75) is 6.54 Å². The molecule has 2 aromatic rings. The maximum atomic E-state index is 12.1. The molecule has 0 atom stereocenters. The van der Waals surface area contributed by atoms with Crippen LogP contribution in [0.25, 0.3) is 6.08 Å². The third-order valence-electron chi connectivity index (χ3n) is 2.67. The van der Waals surface area contributed by atoms with E-state index in [0.29, 0.717) is 12.1 Å². The predicted octanol–water partition coefficient (Wildman–Crippen LogP) is 0.843. The van der Waals surface area contributed by atoms with Crippen LogP contribution in [0.2, 0.25) is 0 Å². The van der Waals surface area contributed by atoms with E-state index in [1.165, 1.54) is 12.3 Å². The van der Waals surface area contributed by atoms with Gasteiger partial charge in [0.2, 0.25) is 0 Å². The van der Waals surface area contributed by atoms with E-state index in [-0.39, 0.29) is 11.6 Å². The Kier molecular flexibility index (Phi) is 4.45. The molecule has 0 fully saturated rings. The fourth-order valence-corrected chi connectivity index (χ4v) is 1.73. The number of pyridine rings is 1. The molecular formula is C14H14N4O3. The largest absolute Gasteiger partial charge is 0.478 e. The maximum Gasteiger partial charge on any atom is 0.328 e. The molecule has 0 aliphatic heterocycles. The fraction of sp³-hybridized carbons (Fsp3) is 0.143. The number of amides is 1. The molecule has 0 bridgehead atoms. The van der Waals surface area contributed by atoms with Crippen molar-refractivity contribution in [1.82, 2.24) is 20.1 Å². The zero-order valence-electron chi connectivity index (χ0n) is 11.4. The second-order valence-electron chi connectivity index (χ2n) is 4.32. The van der Waals surface area contributed by atoms with Crippen LogP contribution in [0.1, 0.15) is 21.6 Å². The first kappa shape index (κ1) is 14.4. The molecule has 2 aromatic heterocycles. The second kappa shape index (κ2) is 6.47. The lowest BCUT2D eigenvalue weighted by Gasteiger charge is -2.05. The van der Waals surface area contributed by atoms with Crippen molar-refractivity contribution in [3.63, 3.8) is 0 Å². The highest BCUT2D eigenvalue weighted by Gasteiger charge is 2.11. The monoisotopic (exact) mass is 286 g/mol. The molecule has 2 heterocycles. The molecule has 2 N–H and O–H groups in total. The summed E-state index contributed by atoms with van der Waals surface area (Å²) in [5.41, 5.74) is 1.49. The van der Waals surface area contributed by atoms with Gasteiger partial charge in [-0.2, -0.15) is 5.10 Å². The highest BCUT2D eigenvalue weighted by molar-refractivity contribution is 5.97. The van der Waals surface area contributed by atoms with Crippen molar-refractivity contribution >= 4 is 18.0 Å². The van der Waals surface area contributed by atoms with Gasteiger partial charge in [-0.15, -0.1) is 0 Å². The third-order valence-corrected chi connectivity index (χ3v) is 2.67. The number of carboxylic acid groups (broad SMARTS) is 1. The first-order chi connectivity index (χ1) is 10.1. The first-order valence-corrected chi connectivity index (χ1v) is 6.18. The van der Waals surface area contributed by atoms with Gasteiger partial charge in [0.25, 0.3) is 5.91 Å². The van der Waals surface area contributed by atoms with E-state index >= 15 is 0 Å². The lowest BCUT2D eigenvalue weighted by molar-refractivity contribution is -0.131. The number of nitrogens with zero attached hydrogens (tertiary/aromatic N) is 3. The number of hydrogen-bond acceptors (Lipinski definition) is 4. The van der Waals surface area contributed by atoms with Gasteiger partial charge in [-0.25, -0.2) is 4.79 Å². The Morgan fingerprint density at radius 3 is 2.95 bits per heavy atom. The number of aryl methyl sites for hydroxylation is 1. The molecule has 0 aliphatic carbocycles. The van der Waals surface area contributed by atoms with Crippen molar-refractivity contribution in [3.05, 3.63) is 53.6 Å². The van der Waals surface area contributed by atoms with E-state index < -0.39 is 5.97 Å². The summed E-state index contributed by atoms with van der Waals surface area (Å²) in [7, 11) is 1.79. The molecular weight excluding hydrogens is 272 g/mol. The molecule has 108 valence electrons. The van der Waals surface area contributed by atoms with E-state index in [2.05, 4.69) is 15.4 Å². The summed E-state index contributed by atoms with van der Waals surface area (Å²) in [4.78, 5) is 26.7. The van der Waals surface area contributed by atoms with Gasteiger partial charge in [-0.3, -0.25) is 14.5 Å². The number of nitrogens with one attached hydrogen (secondary N) is 1. The second-order valence-corrected chi connectivity index (χ2v) is 4.32. The zero-order chi connectivity index (χ0) is 15.2. The summed E-state index contributed by atoms with van der Waals surface area (Å²) in [6, 6.07) is 3.27. The van der Waals surface area contributed by atoms with Crippen LogP contribution in [0.3, 0.4) is 0 Å². The minimum absolute atomic E-state index is 0.180. The highest BCUT2D eigenvalue weighted by Crippen LogP contribution is 2.08. The fourth-order valence-electron chi connectivity index (χ4n) is 1.73. The molecule has 0 saturated carbocycles. The van der Waals surface area contributed by atoms with Crippen LogP contribution in [-0.2, 0) is 18.4 Å². The Labute approximate surface area is 120 Å². The van der Waals surface area contributed by atoms with E-state index in [1.807, 2.05) is 0 Å². The smallest absolute Gasteiger partial charge is 0.328 e. The number of aromatic nitrogens is 3. The predicted molar refractivity (Wildman–Crippen MR) is 75.3 cm³/mol. The summed E-state index contributed by atoms with van der Waals surface area (Å²) >= 11 is 0. The molecule has 0 aliphatic rings. The van der Waals surface area contributed by atoms with Gasteiger partial charge in [0.1, 0.15) is 5.69 Å². The first-order valence-electron chi connectivity index (χ1n) is 6.18. The topological polar surface area (TPSA) is 97.1 Å². The Hall–Kier alpha value is -2.96. The van der Waals surface area contributed by atoms with Crippen LogP contribution in [0.15, 0.2) is 36.8 Å². The molecule has 2 rings (SSSR count). The SMILES string of the molecule is Cn1cc(CNC(=O)c2ncccc2/C=C/C(=O)O)cn1. The van der Waals surface area contributed by atoms with Crippen LogP contribution in [0, 0.1) is 0 Å². The molecule has 0 aromatic carbocycles. The molecule has 0 radical (unpaired) electrons. The highest BCUT2D eigenvalue weighted by atomic mass is 16.4. The van der Waals surface area contributed by atoms with Crippen molar-refractivity contribution in [2.75, 3.05) is 0 Å². The van der Waals surface area contributed by atoms with E-state index in [9.17, 15) is 9.59 Å². The van der Waals surface area contributed by atoms with Gasteiger partial charge in [-0.05, 0) is 12.1 Å². The number of carbonyl (C=O) groups is 2. The van der Waals surface area contributed by atoms with Crippen LogP contribution in [0.4, 0.5) is 0 Å². The van der Waals surface area contributed by atoms with Gasteiger partial charge in [-0.1, -0.05) is 6.07 Å². The molecule has 1 amide bonds. The maximum absolute atomic E-state index is 12.1. The average Bonchev–Trinajstić information content (AvgIpc) is 2.88. The normalized spacial score (nSPS) is 10.7. The molecule has 7 nitrogen and oxygen atoms in total. The number of aliphatic carboxylic acids is 1. The molecule has 21 heavy (non-hydrogen) atoms. The molecule has 0 unspecified atom stereocenters. The van der Waals surface area contributed by atoms with Crippen LogP contribution < -0.4 is 5.32 Å². The van der Waals surface area contributed by atoms with Gasteiger partial charge in [0.05, 0.1) is 6.20 Å². The van der Waals surface area contributed by atoms with Crippen molar-refractivity contribution in [1.29, 1.82) is 0 Å². The van der Waals surface area contributed by atoms with Gasteiger partial charge in [0, 0.05) is 43.2 Å². The summed E-state index contributed by atoms with van der Waals surface area (Å²) in [5.74, 6) is -1.45. The number of rotatable bonds is 5. The number of hydrogen-bond donors (Lipinski definition) is 2. The molecule has 7 heteroatoms. The zero-order valence-corrected chi connectivity index (χ0v) is 11.4. The van der Waals surface area contributed by atoms with Crippen molar-refractivity contribution in [3.8, 4) is 0 Å². The lowest BCUT2D eigenvalue weighted by Crippen LogP contribution is -2.24. The van der Waals surface area contributed by atoms with E-state index in [0.717, 1.165) is 11.6 Å². The summed E-state index contributed by atoms with van der Waals surface area (Å²) < 4.78 is 1.64. The van der Waals surface area contributed by atoms with E-state index in [1.54, 1.807) is 36.3 Å². The summed E-state index contributed by atoms with van der Waals surface area (Å²) in [6.07, 6.45) is 7.24. The number of carbonyl (C=O) groups excluding carboxylic acids is 1. The number of carboxylic acids is 1. The van der Waals surface area contributed by atoms with Gasteiger partial charge in [0.15, 0.2) is 0 Å². The Balaban J connectivity index is 2.10. The Bertz CT molecular complexity index is 691. The standard InChI is InChI=1S/C14H14N4O3/c1-18-9-10(8-17-18)7-16-14(21)13-11(3-2-6-15-13)4-5-12(19)20/h2-6,8-9H,7H2,1H3,(H,16,21)(H,19,20)/b5-4+. The van der Waals surface area contributed by atoms with Crippen molar-refractivity contribution in [2.24, 2.45) is 7.05 Å². The van der Waals surface area contributed by atoms with Crippen LogP contribution >= 0.6 is 0 Å². The minimum atomic E-state index is -1.08.